The van der Waals surface area contributed by atoms with Crippen molar-refractivity contribution in [3.8, 4) is 11.5 Å². The minimum atomic E-state index is -4.41. The van der Waals surface area contributed by atoms with Gasteiger partial charge in [0.05, 0.1) is 14.2 Å². The molecule has 0 aliphatic heterocycles. The maximum atomic E-state index is 14.1. The molecule has 0 bridgehead atoms. The van der Waals surface area contributed by atoms with E-state index in [1.54, 1.807) is 31.2 Å². The third-order valence-corrected chi connectivity index (χ3v) is 6.76. The number of alkyl halides is 3. The van der Waals surface area contributed by atoms with Gasteiger partial charge in [0.25, 0.3) is 0 Å². The van der Waals surface area contributed by atoms with E-state index in [9.17, 15) is 18.0 Å². The van der Waals surface area contributed by atoms with Crippen molar-refractivity contribution in [1.29, 1.82) is 0 Å². The molecule has 3 rings (SSSR count). The zero-order valence-electron chi connectivity index (χ0n) is 19.2. The molecule has 0 amide bonds. The van der Waals surface area contributed by atoms with E-state index in [1.807, 2.05) is 30.3 Å². The van der Waals surface area contributed by atoms with Crippen LogP contribution in [0.15, 0.2) is 71.7 Å². The van der Waals surface area contributed by atoms with Crippen molar-refractivity contribution >= 4 is 17.7 Å². The molecule has 0 saturated heterocycles. The second-order valence-corrected chi connectivity index (χ2v) is 9.06. The zero-order chi connectivity index (χ0) is 24.8. The number of allylic oxidation sites excluding steroid dienone is 4. The fourth-order valence-electron chi connectivity index (χ4n) is 3.66. The first kappa shape index (κ1) is 25.7. The standard InChI is InChI=1S/C26H27F3O4S/c1-18-15-23(22(31-2)16-21(18)33-17-24(30)32-3)34-14-13-25(26(27,28)29)11-9-20(10-12-25)19-7-5-4-6-8-19/h4-12,15-16,20H,13-14,17H2,1-3H3. The summed E-state index contributed by atoms with van der Waals surface area (Å²) in [4.78, 5) is 12.0. The molecule has 182 valence electrons. The van der Waals surface area contributed by atoms with Gasteiger partial charge >= 0.3 is 12.1 Å². The lowest BCUT2D eigenvalue weighted by atomic mass is 9.77. The molecule has 0 radical (unpaired) electrons. The number of aryl methyl sites for hydroxylation is 1. The molecule has 1 aliphatic rings. The van der Waals surface area contributed by atoms with Crippen LogP contribution in [0.3, 0.4) is 0 Å². The molecule has 1 aliphatic carbocycles. The second-order valence-electron chi connectivity index (χ2n) is 7.92. The molecule has 4 nitrogen and oxygen atoms in total. The summed E-state index contributed by atoms with van der Waals surface area (Å²) in [5.74, 6) is 0.448. The summed E-state index contributed by atoms with van der Waals surface area (Å²) < 4.78 is 57.7. The molecule has 0 spiro atoms. The lowest BCUT2D eigenvalue weighted by molar-refractivity contribution is -0.190. The second kappa shape index (κ2) is 11.0. The summed E-state index contributed by atoms with van der Waals surface area (Å²) in [5.41, 5.74) is -0.326. The number of esters is 1. The quantitative estimate of drug-likeness (QED) is 0.227. The Morgan fingerprint density at radius 2 is 1.74 bits per heavy atom. The van der Waals surface area contributed by atoms with Crippen LogP contribution < -0.4 is 9.47 Å². The first-order chi connectivity index (χ1) is 16.2. The highest BCUT2D eigenvalue weighted by atomic mass is 32.2. The van der Waals surface area contributed by atoms with Gasteiger partial charge in [0.15, 0.2) is 6.61 Å². The van der Waals surface area contributed by atoms with E-state index in [2.05, 4.69) is 4.74 Å². The van der Waals surface area contributed by atoms with Crippen molar-refractivity contribution in [2.75, 3.05) is 26.6 Å². The van der Waals surface area contributed by atoms with Gasteiger partial charge in [0.1, 0.15) is 16.9 Å². The van der Waals surface area contributed by atoms with E-state index < -0.39 is 17.6 Å². The van der Waals surface area contributed by atoms with Crippen LogP contribution >= 0.6 is 11.8 Å². The van der Waals surface area contributed by atoms with Crippen LogP contribution in [0, 0.1) is 12.3 Å². The Bertz CT molecular complexity index is 1030. The number of ether oxygens (including phenoxy) is 3. The molecule has 0 unspecified atom stereocenters. The van der Waals surface area contributed by atoms with Gasteiger partial charge in [-0.05, 0) is 36.3 Å². The molecule has 0 fully saturated rings. The number of carbonyl (C=O) groups excluding carboxylic acids is 1. The van der Waals surface area contributed by atoms with Gasteiger partial charge in [-0.3, -0.25) is 0 Å². The Kier molecular flexibility index (Phi) is 8.36. The fraction of sp³-hybridized carbons (Fsp3) is 0.346. The summed E-state index contributed by atoms with van der Waals surface area (Å²) in [7, 11) is 2.75. The highest BCUT2D eigenvalue weighted by Crippen LogP contribution is 2.48. The third-order valence-electron chi connectivity index (χ3n) is 5.72. The first-order valence-electron chi connectivity index (χ1n) is 10.7. The van der Waals surface area contributed by atoms with Gasteiger partial charge in [0.2, 0.25) is 0 Å². The minimum absolute atomic E-state index is 0.113. The normalized spacial score (nSPS) is 19.6. The van der Waals surface area contributed by atoms with Crippen LogP contribution in [0.2, 0.25) is 0 Å². The summed E-state index contributed by atoms with van der Waals surface area (Å²) in [5, 5.41) is 0. The minimum Gasteiger partial charge on any atom is -0.495 e. The molecule has 2 aromatic carbocycles. The zero-order valence-corrected chi connectivity index (χ0v) is 20.0. The van der Waals surface area contributed by atoms with Crippen LogP contribution in [0.5, 0.6) is 11.5 Å². The molecule has 0 N–H and O–H groups in total. The van der Waals surface area contributed by atoms with E-state index >= 15 is 0 Å². The molecule has 2 aromatic rings. The Morgan fingerprint density at radius 1 is 1.06 bits per heavy atom. The molecule has 0 atom stereocenters. The summed E-state index contributed by atoms with van der Waals surface area (Å²) >= 11 is 1.29. The molecule has 0 heterocycles. The smallest absolute Gasteiger partial charge is 0.401 e. The summed E-state index contributed by atoms with van der Waals surface area (Å²) in [6, 6.07) is 12.9. The molecular weight excluding hydrogens is 465 g/mol. The van der Waals surface area contributed by atoms with Crippen LogP contribution in [-0.2, 0) is 9.53 Å². The van der Waals surface area contributed by atoms with Crippen LogP contribution in [0.1, 0.15) is 23.5 Å². The third kappa shape index (κ3) is 5.97. The average molecular weight is 493 g/mol. The van der Waals surface area contributed by atoms with Crippen molar-refractivity contribution in [3.63, 3.8) is 0 Å². The molecule has 0 aromatic heterocycles. The Balaban J connectivity index is 1.71. The largest absolute Gasteiger partial charge is 0.495 e. The van der Waals surface area contributed by atoms with Gasteiger partial charge in [-0.25, -0.2) is 4.79 Å². The van der Waals surface area contributed by atoms with Gasteiger partial charge < -0.3 is 14.2 Å². The summed E-state index contributed by atoms with van der Waals surface area (Å²) in [6.45, 7) is 1.55. The van der Waals surface area contributed by atoms with Gasteiger partial charge in [-0.15, -0.1) is 11.8 Å². The van der Waals surface area contributed by atoms with E-state index in [4.69, 9.17) is 9.47 Å². The highest BCUT2D eigenvalue weighted by molar-refractivity contribution is 7.99. The van der Waals surface area contributed by atoms with Crippen molar-refractivity contribution in [3.05, 3.63) is 77.9 Å². The number of thioether (sulfide) groups is 1. The number of hydrogen-bond donors (Lipinski definition) is 0. The number of rotatable bonds is 9. The van der Waals surface area contributed by atoms with Crippen LogP contribution in [-0.4, -0.2) is 38.7 Å². The molecule has 34 heavy (non-hydrogen) atoms. The van der Waals surface area contributed by atoms with E-state index in [0.29, 0.717) is 16.4 Å². The number of hydrogen-bond acceptors (Lipinski definition) is 5. The van der Waals surface area contributed by atoms with Crippen molar-refractivity contribution < 1.29 is 32.2 Å². The van der Waals surface area contributed by atoms with Crippen LogP contribution in [0.4, 0.5) is 13.2 Å². The predicted octanol–water partition coefficient (Wildman–Crippen LogP) is 6.50. The Hall–Kier alpha value is -2.87. The number of benzene rings is 2. The molecule has 8 heteroatoms. The van der Waals surface area contributed by atoms with Gasteiger partial charge in [-0.1, -0.05) is 54.6 Å². The maximum Gasteiger partial charge on any atom is 0.401 e. The highest BCUT2D eigenvalue weighted by Gasteiger charge is 2.51. The Morgan fingerprint density at radius 3 is 2.32 bits per heavy atom. The van der Waals surface area contributed by atoms with Gasteiger partial charge in [0, 0.05) is 16.9 Å². The lowest BCUT2D eigenvalue weighted by Gasteiger charge is -2.33. The monoisotopic (exact) mass is 492 g/mol. The summed E-state index contributed by atoms with van der Waals surface area (Å²) in [6.07, 6.45) is 1.32. The van der Waals surface area contributed by atoms with E-state index in [-0.39, 0.29) is 24.7 Å². The van der Waals surface area contributed by atoms with E-state index in [0.717, 1.165) is 11.1 Å². The number of methoxy groups -OCH3 is 2. The SMILES string of the molecule is COC(=O)COc1cc(OC)c(SCCC2(C(F)(F)F)C=CC(c3ccccc3)C=C2)cc1C. The number of halogens is 3. The van der Waals surface area contributed by atoms with Crippen LogP contribution in [0.25, 0.3) is 0 Å². The average Bonchev–Trinajstić information content (AvgIpc) is 2.83. The van der Waals surface area contributed by atoms with Crippen molar-refractivity contribution in [2.45, 2.75) is 30.3 Å². The Labute approximate surface area is 201 Å². The first-order valence-corrected chi connectivity index (χ1v) is 11.7. The fourth-order valence-corrected chi connectivity index (χ4v) is 4.87. The van der Waals surface area contributed by atoms with Crippen molar-refractivity contribution in [1.82, 2.24) is 0 Å². The maximum absolute atomic E-state index is 14.1. The van der Waals surface area contributed by atoms with E-state index in [1.165, 1.54) is 38.1 Å². The lowest BCUT2D eigenvalue weighted by Crippen LogP contribution is -2.36. The number of carbonyl (C=O) groups is 1. The predicted molar refractivity (Wildman–Crippen MR) is 127 cm³/mol. The molecule has 0 saturated carbocycles. The van der Waals surface area contributed by atoms with Crippen molar-refractivity contribution in [2.24, 2.45) is 5.41 Å². The topological polar surface area (TPSA) is 44.8 Å². The molecular formula is C26H27F3O4S. The van der Waals surface area contributed by atoms with Gasteiger partial charge in [-0.2, -0.15) is 13.2 Å².